The number of hydrogen-bond acceptors (Lipinski definition) is 1. The van der Waals surface area contributed by atoms with Crippen molar-refractivity contribution in [3.8, 4) is 0 Å². The maximum Gasteiger partial charge on any atom is 0.0846 e. The zero-order valence-corrected chi connectivity index (χ0v) is 14.7. The predicted molar refractivity (Wildman–Crippen MR) is 101 cm³/mol. The van der Waals surface area contributed by atoms with Crippen LogP contribution in [0.25, 0.3) is 6.08 Å². The molecule has 23 heavy (non-hydrogen) atoms. The van der Waals surface area contributed by atoms with E-state index in [1.54, 1.807) is 0 Å². The molecule has 120 valence electrons. The molecule has 2 heteroatoms. The van der Waals surface area contributed by atoms with Crippen molar-refractivity contribution in [2.75, 3.05) is 0 Å². The third kappa shape index (κ3) is 5.65. The largest absolute Gasteiger partial charge is 0.249 e. The molecule has 1 atom stereocenters. The van der Waals surface area contributed by atoms with Crippen molar-refractivity contribution >= 4 is 16.9 Å². The van der Waals surface area contributed by atoms with Gasteiger partial charge in [0.1, 0.15) is 0 Å². The highest BCUT2D eigenvalue weighted by molar-refractivity contribution is 7.89. The van der Waals surface area contributed by atoms with E-state index in [2.05, 4.69) is 25.1 Å². The zero-order chi connectivity index (χ0) is 16.5. The van der Waals surface area contributed by atoms with Gasteiger partial charge in [-0.1, -0.05) is 79.9 Å². The number of allylic oxidation sites excluding steroid dienone is 2. The molecule has 2 aromatic carbocycles. The normalized spacial score (nSPS) is 13.4. The van der Waals surface area contributed by atoms with Gasteiger partial charge in [-0.05, 0) is 37.1 Å². The number of benzene rings is 2. The Labute approximate surface area is 142 Å². The second kappa shape index (κ2) is 9.26. The second-order valence-corrected chi connectivity index (χ2v) is 7.05. The molecule has 0 aromatic heterocycles. The molecule has 0 aliphatic rings. The fraction of sp³-hybridized carbons (Fsp3) is 0.238. The van der Waals surface area contributed by atoms with Crippen LogP contribution in [0.3, 0.4) is 0 Å². The van der Waals surface area contributed by atoms with E-state index >= 15 is 0 Å². The summed E-state index contributed by atoms with van der Waals surface area (Å²) in [5, 5.41) is 0. The van der Waals surface area contributed by atoms with Crippen molar-refractivity contribution in [1.82, 2.24) is 0 Å². The quantitative estimate of drug-likeness (QED) is 0.458. The van der Waals surface area contributed by atoms with Gasteiger partial charge in [-0.3, -0.25) is 0 Å². The first kappa shape index (κ1) is 17.4. The van der Waals surface area contributed by atoms with Crippen molar-refractivity contribution in [1.29, 1.82) is 0 Å². The van der Waals surface area contributed by atoms with Crippen LogP contribution in [0.2, 0.25) is 0 Å². The minimum absolute atomic E-state index is 0.857. The van der Waals surface area contributed by atoms with E-state index in [0.717, 1.165) is 34.6 Å². The standard InChI is InChI=1S/C21H24OS/c1-3-4-6-11-20(17-14-19-9-7-5-8-10-19)23(22)21-15-12-18(2)13-16-21/h5,7-17H,3-4,6H2,1-2H3/b17-14+,20-11+/t23-/m1/s1. The Bertz CT molecular complexity index is 682. The summed E-state index contributed by atoms with van der Waals surface area (Å²) in [5.74, 6) is 0. The highest BCUT2D eigenvalue weighted by Gasteiger charge is 2.07. The van der Waals surface area contributed by atoms with E-state index in [-0.39, 0.29) is 0 Å². The molecule has 0 N–H and O–H groups in total. The third-order valence-corrected chi connectivity index (χ3v) is 5.02. The van der Waals surface area contributed by atoms with Gasteiger partial charge in [0.2, 0.25) is 0 Å². The molecule has 0 bridgehead atoms. The van der Waals surface area contributed by atoms with E-state index in [0.29, 0.717) is 0 Å². The first-order chi connectivity index (χ1) is 11.2. The van der Waals surface area contributed by atoms with Crippen LogP contribution in [0.15, 0.2) is 76.5 Å². The number of aryl methyl sites for hydroxylation is 1. The molecule has 0 aliphatic heterocycles. The Morgan fingerprint density at radius 3 is 2.39 bits per heavy atom. The van der Waals surface area contributed by atoms with Gasteiger partial charge < -0.3 is 0 Å². The van der Waals surface area contributed by atoms with E-state index in [4.69, 9.17) is 0 Å². The van der Waals surface area contributed by atoms with Gasteiger partial charge in [0.25, 0.3) is 0 Å². The lowest BCUT2D eigenvalue weighted by Crippen LogP contribution is -1.94. The molecule has 0 aliphatic carbocycles. The Morgan fingerprint density at radius 1 is 1.04 bits per heavy atom. The van der Waals surface area contributed by atoms with Crippen LogP contribution in [-0.4, -0.2) is 4.21 Å². The van der Waals surface area contributed by atoms with Gasteiger partial charge in [-0.2, -0.15) is 0 Å². The highest BCUT2D eigenvalue weighted by atomic mass is 32.2. The van der Waals surface area contributed by atoms with E-state index in [1.807, 2.05) is 61.5 Å². The summed E-state index contributed by atoms with van der Waals surface area (Å²) >= 11 is 0. The molecule has 1 nitrogen and oxygen atoms in total. The van der Waals surface area contributed by atoms with Gasteiger partial charge >= 0.3 is 0 Å². The van der Waals surface area contributed by atoms with Crippen molar-refractivity contribution < 1.29 is 4.21 Å². The smallest absolute Gasteiger partial charge is 0.0846 e. The molecule has 0 heterocycles. The van der Waals surface area contributed by atoms with Crippen LogP contribution in [0.5, 0.6) is 0 Å². The lowest BCUT2D eigenvalue weighted by Gasteiger charge is -2.05. The van der Waals surface area contributed by atoms with Gasteiger partial charge in [0.05, 0.1) is 10.8 Å². The minimum Gasteiger partial charge on any atom is -0.249 e. The van der Waals surface area contributed by atoms with Crippen LogP contribution in [-0.2, 0) is 10.8 Å². The van der Waals surface area contributed by atoms with Crippen LogP contribution in [0.1, 0.15) is 37.3 Å². The zero-order valence-electron chi connectivity index (χ0n) is 13.9. The third-order valence-electron chi connectivity index (χ3n) is 3.59. The molecular formula is C21H24OS. The first-order valence-corrected chi connectivity index (χ1v) is 9.27. The van der Waals surface area contributed by atoms with Crippen molar-refractivity contribution in [3.05, 3.63) is 82.8 Å². The summed E-state index contributed by atoms with van der Waals surface area (Å²) in [6.45, 7) is 4.21. The van der Waals surface area contributed by atoms with Gasteiger partial charge in [0.15, 0.2) is 0 Å². The SMILES string of the molecule is CCCC/C=C(\C=C\c1ccccc1)[S@@](=O)c1ccc(C)cc1. The summed E-state index contributed by atoms with van der Waals surface area (Å²) in [6.07, 6.45) is 9.35. The molecule has 0 fully saturated rings. The van der Waals surface area contributed by atoms with Crippen molar-refractivity contribution in [2.45, 2.75) is 38.0 Å². The Kier molecular flexibility index (Phi) is 7.02. The Hall–Kier alpha value is -1.93. The molecular weight excluding hydrogens is 300 g/mol. The summed E-state index contributed by atoms with van der Waals surface area (Å²) in [6, 6.07) is 18.1. The average molecular weight is 324 g/mol. The van der Waals surface area contributed by atoms with Crippen molar-refractivity contribution in [3.63, 3.8) is 0 Å². The van der Waals surface area contributed by atoms with Gasteiger partial charge in [-0.15, -0.1) is 0 Å². The fourth-order valence-corrected chi connectivity index (χ4v) is 3.31. The molecule has 0 saturated heterocycles. The number of hydrogen-bond donors (Lipinski definition) is 0. The highest BCUT2D eigenvalue weighted by Crippen LogP contribution is 2.19. The van der Waals surface area contributed by atoms with Crippen molar-refractivity contribution in [2.24, 2.45) is 0 Å². The lowest BCUT2D eigenvalue weighted by molar-refractivity contribution is 0.687. The van der Waals surface area contributed by atoms with Gasteiger partial charge in [-0.25, -0.2) is 4.21 Å². The molecule has 0 unspecified atom stereocenters. The predicted octanol–water partition coefficient (Wildman–Crippen LogP) is 5.89. The van der Waals surface area contributed by atoms with Gasteiger partial charge in [0, 0.05) is 9.80 Å². The number of unbranched alkanes of at least 4 members (excludes halogenated alkanes) is 2. The maximum atomic E-state index is 12.9. The topological polar surface area (TPSA) is 17.1 Å². The summed E-state index contributed by atoms with van der Waals surface area (Å²) in [7, 11) is -1.13. The van der Waals surface area contributed by atoms with E-state index in [9.17, 15) is 4.21 Å². The van der Waals surface area contributed by atoms with Crippen LogP contribution >= 0.6 is 0 Å². The van der Waals surface area contributed by atoms with Crippen LogP contribution in [0.4, 0.5) is 0 Å². The molecule has 0 radical (unpaired) electrons. The number of rotatable bonds is 7. The fourth-order valence-electron chi connectivity index (χ4n) is 2.19. The second-order valence-electron chi connectivity index (χ2n) is 5.57. The Balaban J connectivity index is 2.23. The molecule has 0 saturated carbocycles. The molecule has 2 aromatic rings. The molecule has 0 amide bonds. The van der Waals surface area contributed by atoms with E-state index < -0.39 is 10.8 Å². The first-order valence-electron chi connectivity index (χ1n) is 8.12. The average Bonchev–Trinajstić information content (AvgIpc) is 2.59. The monoisotopic (exact) mass is 324 g/mol. The lowest BCUT2D eigenvalue weighted by atomic mass is 10.2. The molecule has 0 spiro atoms. The minimum atomic E-state index is -1.13. The van der Waals surface area contributed by atoms with Crippen LogP contribution in [0, 0.1) is 6.92 Å². The summed E-state index contributed by atoms with van der Waals surface area (Å²) < 4.78 is 12.9. The van der Waals surface area contributed by atoms with E-state index in [1.165, 1.54) is 5.56 Å². The summed E-state index contributed by atoms with van der Waals surface area (Å²) in [4.78, 5) is 1.74. The maximum absolute atomic E-state index is 12.9. The Morgan fingerprint density at radius 2 is 1.74 bits per heavy atom. The summed E-state index contributed by atoms with van der Waals surface area (Å²) in [5.41, 5.74) is 2.30. The van der Waals surface area contributed by atoms with Crippen LogP contribution < -0.4 is 0 Å². The molecule has 2 rings (SSSR count).